The fourth-order valence-electron chi connectivity index (χ4n) is 5.10. The van der Waals surface area contributed by atoms with Gasteiger partial charge in [0.05, 0.1) is 0 Å². The van der Waals surface area contributed by atoms with E-state index in [-0.39, 0.29) is 17.1 Å². The zero-order valence-corrected chi connectivity index (χ0v) is 27.0. The van der Waals surface area contributed by atoms with Crippen molar-refractivity contribution in [1.29, 1.82) is 0 Å². The summed E-state index contributed by atoms with van der Waals surface area (Å²) in [7, 11) is -0.901. The summed E-state index contributed by atoms with van der Waals surface area (Å²) in [6.45, 7) is 8.86. The predicted octanol–water partition coefficient (Wildman–Crippen LogP) is 7.56. The van der Waals surface area contributed by atoms with Crippen molar-refractivity contribution in [3.63, 3.8) is 0 Å². The van der Waals surface area contributed by atoms with Crippen LogP contribution in [0.25, 0.3) is 0 Å². The Labute approximate surface area is 259 Å². The van der Waals surface area contributed by atoms with Crippen LogP contribution in [-0.2, 0) is 17.1 Å². The molecule has 0 nitrogen and oxygen atoms in total. The van der Waals surface area contributed by atoms with Crippen molar-refractivity contribution in [2.75, 3.05) is 0 Å². The van der Waals surface area contributed by atoms with Gasteiger partial charge in [0.15, 0.2) is 0 Å². The van der Waals surface area contributed by atoms with Gasteiger partial charge in [0.1, 0.15) is 0 Å². The normalized spacial score (nSPS) is 10.7. The smallest absolute Gasteiger partial charge is 0 e. The van der Waals surface area contributed by atoms with Crippen LogP contribution >= 0.6 is 15.8 Å². The molecular weight excluding hydrogens is 574 g/mol. The number of benzene rings is 4. The average Bonchev–Trinajstić information content (AvgIpc) is 3.69. The van der Waals surface area contributed by atoms with E-state index in [2.05, 4.69) is 173 Å². The van der Waals surface area contributed by atoms with Gasteiger partial charge < -0.3 is 29.6 Å². The zero-order chi connectivity index (χ0) is 27.9. The molecule has 0 aromatic heterocycles. The first-order valence-electron chi connectivity index (χ1n) is 13.8. The second-order valence-corrected chi connectivity index (χ2v) is 14.4. The van der Waals surface area contributed by atoms with Gasteiger partial charge in [0.2, 0.25) is 0 Å². The van der Waals surface area contributed by atoms with Gasteiger partial charge in [-0.25, -0.2) is 20.1 Å². The molecular formula is C38H36FeP2-6. The summed E-state index contributed by atoms with van der Waals surface area (Å²) in [6.07, 6.45) is 0. The molecule has 212 valence electrons. The van der Waals surface area contributed by atoms with E-state index in [4.69, 9.17) is 0 Å². The third-order valence-corrected chi connectivity index (χ3v) is 12.8. The Hall–Kier alpha value is -3.04. The average molecular weight is 610 g/mol. The third-order valence-electron chi connectivity index (χ3n) is 7.23. The van der Waals surface area contributed by atoms with Crippen molar-refractivity contribution in [3.05, 3.63) is 168 Å². The minimum Gasteiger partial charge on any atom is -0.747 e. The summed E-state index contributed by atoms with van der Waals surface area (Å²) in [5.74, 6) is 0. The molecule has 0 spiro atoms. The fraction of sp³-hybridized carbons (Fsp3) is 0.105. The molecule has 6 rings (SSSR count). The molecule has 41 heavy (non-hydrogen) atoms. The molecule has 0 heterocycles. The Balaban J connectivity index is 0.000000184. The summed E-state index contributed by atoms with van der Waals surface area (Å²) >= 11 is 0. The van der Waals surface area contributed by atoms with Gasteiger partial charge in [-0.3, -0.25) is 0 Å². The van der Waals surface area contributed by atoms with E-state index in [0.29, 0.717) is 0 Å². The first kappa shape index (κ1) is 30.9. The Morgan fingerprint density at radius 1 is 0.439 bits per heavy atom. The van der Waals surface area contributed by atoms with Crippen molar-refractivity contribution in [2.45, 2.75) is 27.7 Å². The molecule has 0 radical (unpaired) electrons. The topological polar surface area (TPSA) is 0 Å². The van der Waals surface area contributed by atoms with E-state index in [0.717, 1.165) is 0 Å². The third kappa shape index (κ3) is 7.25. The van der Waals surface area contributed by atoms with Crippen molar-refractivity contribution in [1.82, 2.24) is 0 Å². The number of aryl methyl sites for hydroxylation is 4. The molecule has 0 amide bonds. The summed E-state index contributed by atoms with van der Waals surface area (Å²) in [6, 6.07) is 52.6. The summed E-state index contributed by atoms with van der Waals surface area (Å²) < 4.78 is 0. The SMILES string of the molecule is Cc1ccccc1P(c1ccccc1C)[c-]1[cH-][cH-][cH-][cH-]1.Cc1ccccc1P(c1ccccc1C)[c-]1cccc1.[Fe]. The van der Waals surface area contributed by atoms with E-state index >= 15 is 0 Å². The molecule has 0 atom stereocenters. The quantitative estimate of drug-likeness (QED) is 0.104. The summed E-state index contributed by atoms with van der Waals surface area (Å²) in [5, 5.41) is 8.71. The largest absolute Gasteiger partial charge is 0.747 e. The molecule has 0 aliphatic carbocycles. The predicted molar refractivity (Wildman–Crippen MR) is 180 cm³/mol. The zero-order valence-electron chi connectivity index (χ0n) is 24.1. The standard InChI is InChI=1S/2C19H18P.Fe/c2*1-15-9-3-7-13-18(15)20(17-11-5-6-12-17)19-14-8-4-10-16(19)2;/h2*3-14H,1-2H3;/q-5;-1;. The minimum atomic E-state index is -0.451. The van der Waals surface area contributed by atoms with Gasteiger partial charge in [-0.15, -0.1) is 5.30 Å². The molecule has 0 N–H and O–H groups in total. The van der Waals surface area contributed by atoms with Crippen LogP contribution in [0.5, 0.6) is 0 Å². The van der Waals surface area contributed by atoms with E-state index in [1.54, 1.807) is 0 Å². The Morgan fingerprint density at radius 2 is 0.756 bits per heavy atom. The minimum absolute atomic E-state index is 0. The maximum Gasteiger partial charge on any atom is 0 e. The van der Waals surface area contributed by atoms with E-state index < -0.39 is 15.8 Å². The van der Waals surface area contributed by atoms with E-state index in [1.807, 2.05) is 0 Å². The van der Waals surface area contributed by atoms with Gasteiger partial charge in [-0.05, 0) is 71.2 Å². The van der Waals surface area contributed by atoms with Crippen molar-refractivity contribution < 1.29 is 17.1 Å². The number of rotatable bonds is 6. The van der Waals surface area contributed by atoms with Crippen molar-refractivity contribution in [3.8, 4) is 0 Å². The summed E-state index contributed by atoms with van der Waals surface area (Å²) in [4.78, 5) is 0. The first-order valence-corrected chi connectivity index (χ1v) is 16.5. The molecule has 3 heteroatoms. The molecule has 0 aliphatic heterocycles. The van der Waals surface area contributed by atoms with Crippen LogP contribution in [0.15, 0.2) is 146 Å². The molecule has 0 aliphatic rings. The van der Waals surface area contributed by atoms with Crippen LogP contribution in [0, 0.1) is 27.7 Å². The van der Waals surface area contributed by atoms with Gasteiger partial charge in [0.25, 0.3) is 0 Å². The van der Waals surface area contributed by atoms with Crippen LogP contribution in [0.1, 0.15) is 22.3 Å². The van der Waals surface area contributed by atoms with Gasteiger partial charge in [0, 0.05) is 17.1 Å². The van der Waals surface area contributed by atoms with Gasteiger partial charge in [-0.1, -0.05) is 105 Å². The van der Waals surface area contributed by atoms with Crippen molar-refractivity contribution >= 4 is 47.7 Å². The number of hydrogen-bond acceptors (Lipinski definition) is 0. The monoisotopic (exact) mass is 610 g/mol. The molecule has 0 bridgehead atoms. The van der Waals surface area contributed by atoms with Crippen LogP contribution < -0.4 is 31.8 Å². The molecule has 0 saturated heterocycles. The number of hydrogen-bond donors (Lipinski definition) is 0. The van der Waals surface area contributed by atoms with Crippen molar-refractivity contribution in [2.24, 2.45) is 0 Å². The Morgan fingerprint density at radius 3 is 1.10 bits per heavy atom. The molecule has 0 unspecified atom stereocenters. The Kier molecular flexibility index (Phi) is 11.1. The maximum atomic E-state index is 2.28. The molecule has 0 fully saturated rings. The Bertz CT molecular complexity index is 1430. The first-order chi connectivity index (χ1) is 19.5. The summed E-state index contributed by atoms with van der Waals surface area (Å²) in [5.41, 5.74) is 5.51. The second kappa shape index (κ2) is 14.7. The van der Waals surface area contributed by atoms with Gasteiger partial charge in [-0.2, -0.15) is 12.1 Å². The van der Waals surface area contributed by atoms with E-state index in [9.17, 15) is 0 Å². The molecule has 6 aromatic rings. The maximum absolute atomic E-state index is 2.28. The fourth-order valence-corrected chi connectivity index (χ4v) is 10.3. The van der Waals surface area contributed by atoms with Crippen LogP contribution in [0.2, 0.25) is 0 Å². The second-order valence-electron chi connectivity index (χ2n) is 10.1. The van der Waals surface area contributed by atoms with Crippen LogP contribution in [0.4, 0.5) is 0 Å². The van der Waals surface area contributed by atoms with Crippen LogP contribution in [-0.4, -0.2) is 0 Å². The molecule has 0 saturated carbocycles. The van der Waals surface area contributed by atoms with E-state index in [1.165, 1.54) is 54.1 Å². The van der Waals surface area contributed by atoms with Gasteiger partial charge >= 0.3 is 0 Å². The molecule has 6 aromatic carbocycles. The van der Waals surface area contributed by atoms with Crippen LogP contribution in [0.3, 0.4) is 0 Å².